The molecule has 2 aliphatic heterocycles. The smallest absolute Gasteiger partial charge is 0.264 e. The molecule has 150 valence electrons. The third kappa shape index (κ3) is 3.24. The minimum atomic E-state index is -0.134. The fourth-order valence-electron chi connectivity index (χ4n) is 4.49. The molecule has 1 atom stereocenters. The van der Waals surface area contributed by atoms with Crippen molar-refractivity contribution in [2.75, 3.05) is 37.4 Å². The molecule has 2 fully saturated rings. The van der Waals surface area contributed by atoms with Crippen molar-refractivity contribution in [1.29, 1.82) is 0 Å². The van der Waals surface area contributed by atoms with Gasteiger partial charge in [-0.25, -0.2) is 0 Å². The standard InChI is InChI=1S/C21H28N4O3/c1-14-12-21(13-28-14)8-10-25(11-9-21)20-23-18(22)17(19(26)24(20)2)15-4-6-16(27-3)7-5-15/h4-7,14H,8-13,22H2,1-3H3/t14-/m0/s1. The minimum absolute atomic E-state index is 0.134. The van der Waals surface area contributed by atoms with Crippen LogP contribution in [0.3, 0.4) is 0 Å². The van der Waals surface area contributed by atoms with Crippen molar-refractivity contribution in [3.8, 4) is 16.9 Å². The topological polar surface area (TPSA) is 82.6 Å². The summed E-state index contributed by atoms with van der Waals surface area (Å²) in [7, 11) is 3.38. The highest BCUT2D eigenvalue weighted by Crippen LogP contribution is 2.42. The molecule has 0 aliphatic carbocycles. The molecule has 4 rings (SSSR count). The Morgan fingerprint density at radius 1 is 1.25 bits per heavy atom. The van der Waals surface area contributed by atoms with Crippen molar-refractivity contribution < 1.29 is 9.47 Å². The number of aromatic nitrogens is 2. The van der Waals surface area contributed by atoms with Gasteiger partial charge in [0.15, 0.2) is 0 Å². The lowest BCUT2D eigenvalue weighted by Crippen LogP contribution is -2.43. The number of ether oxygens (including phenoxy) is 2. The average Bonchev–Trinajstić information content (AvgIpc) is 3.06. The molecule has 2 N–H and O–H groups in total. The lowest BCUT2D eigenvalue weighted by atomic mass is 9.77. The van der Waals surface area contributed by atoms with Gasteiger partial charge < -0.3 is 20.1 Å². The maximum absolute atomic E-state index is 13.1. The van der Waals surface area contributed by atoms with Gasteiger partial charge >= 0.3 is 0 Å². The van der Waals surface area contributed by atoms with E-state index in [4.69, 9.17) is 15.2 Å². The van der Waals surface area contributed by atoms with Crippen LogP contribution in [0.15, 0.2) is 29.1 Å². The number of piperidine rings is 1. The van der Waals surface area contributed by atoms with E-state index in [2.05, 4.69) is 16.8 Å². The summed E-state index contributed by atoms with van der Waals surface area (Å²) in [6, 6.07) is 7.30. The van der Waals surface area contributed by atoms with E-state index < -0.39 is 0 Å². The highest BCUT2D eigenvalue weighted by molar-refractivity contribution is 5.74. The highest BCUT2D eigenvalue weighted by atomic mass is 16.5. The maximum atomic E-state index is 13.1. The molecule has 1 spiro atoms. The predicted octanol–water partition coefficient (Wildman–Crippen LogP) is 2.43. The first-order valence-corrected chi connectivity index (χ1v) is 9.80. The predicted molar refractivity (Wildman–Crippen MR) is 110 cm³/mol. The second-order valence-corrected chi connectivity index (χ2v) is 8.08. The van der Waals surface area contributed by atoms with Gasteiger partial charge in [0.25, 0.3) is 5.56 Å². The Balaban J connectivity index is 1.60. The lowest BCUT2D eigenvalue weighted by Gasteiger charge is -2.39. The number of nitrogen functional groups attached to an aromatic ring is 1. The van der Waals surface area contributed by atoms with E-state index in [1.165, 1.54) is 0 Å². The molecular formula is C21H28N4O3. The first-order chi connectivity index (χ1) is 13.4. The summed E-state index contributed by atoms with van der Waals surface area (Å²) in [5.41, 5.74) is 7.55. The van der Waals surface area contributed by atoms with Crippen LogP contribution >= 0.6 is 0 Å². The molecule has 7 heteroatoms. The monoisotopic (exact) mass is 384 g/mol. The van der Waals surface area contributed by atoms with Crippen molar-refractivity contribution in [3.63, 3.8) is 0 Å². The normalized spacial score (nSPS) is 21.2. The van der Waals surface area contributed by atoms with E-state index in [0.29, 0.717) is 17.6 Å². The number of benzene rings is 1. The summed E-state index contributed by atoms with van der Waals surface area (Å²) in [6.07, 6.45) is 3.56. The van der Waals surface area contributed by atoms with Crippen molar-refractivity contribution >= 4 is 11.8 Å². The van der Waals surface area contributed by atoms with E-state index in [1.54, 1.807) is 18.7 Å². The van der Waals surface area contributed by atoms with Crippen molar-refractivity contribution in [2.24, 2.45) is 12.5 Å². The van der Waals surface area contributed by atoms with E-state index >= 15 is 0 Å². The molecule has 0 unspecified atom stereocenters. The molecule has 0 saturated carbocycles. The summed E-state index contributed by atoms with van der Waals surface area (Å²) < 4.78 is 12.6. The average molecular weight is 384 g/mol. The largest absolute Gasteiger partial charge is 0.497 e. The Hall–Kier alpha value is -2.54. The van der Waals surface area contributed by atoms with Crippen LogP contribution in [0.5, 0.6) is 5.75 Å². The van der Waals surface area contributed by atoms with Gasteiger partial charge in [-0.1, -0.05) is 12.1 Å². The molecule has 3 heterocycles. The van der Waals surface area contributed by atoms with Crippen LogP contribution in [0.25, 0.3) is 11.1 Å². The van der Waals surface area contributed by atoms with Gasteiger partial charge in [-0.15, -0.1) is 0 Å². The van der Waals surface area contributed by atoms with Crippen LogP contribution in [0, 0.1) is 5.41 Å². The second-order valence-electron chi connectivity index (χ2n) is 8.08. The first kappa shape index (κ1) is 18.8. The third-order valence-corrected chi connectivity index (χ3v) is 6.18. The van der Waals surface area contributed by atoms with Crippen molar-refractivity contribution in [1.82, 2.24) is 9.55 Å². The maximum Gasteiger partial charge on any atom is 0.264 e. The zero-order chi connectivity index (χ0) is 19.9. The minimum Gasteiger partial charge on any atom is -0.497 e. The van der Waals surface area contributed by atoms with Gasteiger partial charge in [-0.3, -0.25) is 9.36 Å². The van der Waals surface area contributed by atoms with Crippen LogP contribution in [-0.2, 0) is 11.8 Å². The van der Waals surface area contributed by atoms with Gasteiger partial charge in [-0.05, 0) is 49.3 Å². The molecule has 0 radical (unpaired) electrons. The van der Waals surface area contributed by atoms with E-state index in [9.17, 15) is 4.79 Å². The van der Waals surface area contributed by atoms with Crippen molar-refractivity contribution in [3.05, 3.63) is 34.6 Å². The Morgan fingerprint density at radius 2 is 1.93 bits per heavy atom. The molecule has 7 nitrogen and oxygen atoms in total. The van der Waals surface area contributed by atoms with Gasteiger partial charge in [0.05, 0.1) is 25.4 Å². The molecule has 2 saturated heterocycles. The van der Waals surface area contributed by atoms with Crippen LogP contribution < -0.4 is 20.9 Å². The molecule has 1 aromatic heterocycles. The second kappa shape index (κ2) is 7.13. The quantitative estimate of drug-likeness (QED) is 0.875. The fourth-order valence-corrected chi connectivity index (χ4v) is 4.49. The van der Waals surface area contributed by atoms with E-state index in [0.717, 1.165) is 50.3 Å². The fraction of sp³-hybridized carbons (Fsp3) is 0.524. The Morgan fingerprint density at radius 3 is 2.50 bits per heavy atom. The third-order valence-electron chi connectivity index (χ3n) is 6.18. The summed E-state index contributed by atoms with van der Waals surface area (Å²) in [5.74, 6) is 1.64. The van der Waals surface area contributed by atoms with E-state index in [1.807, 2.05) is 24.3 Å². The molecule has 28 heavy (non-hydrogen) atoms. The number of hydrogen-bond donors (Lipinski definition) is 1. The van der Waals surface area contributed by atoms with Crippen LogP contribution in [0.4, 0.5) is 11.8 Å². The Bertz CT molecular complexity index is 914. The zero-order valence-electron chi connectivity index (χ0n) is 16.8. The van der Waals surface area contributed by atoms with Gasteiger partial charge in [0, 0.05) is 20.1 Å². The number of rotatable bonds is 3. The molecular weight excluding hydrogens is 356 g/mol. The molecule has 1 aromatic carbocycles. The number of nitrogens with two attached hydrogens (primary N) is 1. The highest BCUT2D eigenvalue weighted by Gasteiger charge is 2.41. The number of hydrogen-bond acceptors (Lipinski definition) is 6. The van der Waals surface area contributed by atoms with Crippen LogP contribution in [0.1, 0.15) is 26.2 Å². The number of methoxy groups -OCH3 is 1. The van der Waals surface area contributed by atoms with Gasteiger partial charge in [0.1, 0.15) is 11.6 Å². The number of nitrogens with zero attached hydrogens (tertiary/aromatic N) is 3. The van der Waals surface area contributed by atoms with Crippen molar-refractivity contribution in [2.45, 2.75) is 32.3 Å². The SMILES string of the molecule is COc1ccc(-c2c(N)nc(N3CCC4(CC3)CO[C@@H](C)C4)n(C)c2=O)cc1. The molecule has 2 aliphatic rings. The Kier molecular flexibility index (Phi) is 4.79. The van der Waals surface area contributed by atoms with Crippen LogP contribution in [-0.4, -0.2) is 42.5 Å². The summed E-state index contributed by atoms with van der Waals surface area (Å²) in [4.78, 5) is 19.8. The number of anilines is 2. The molecule has 2 aromatic rings. The summed E-state index contributed by atoms with van der Waals surface area (Å²) in [6.45, 7) is 4.70. The van der Waals surface area contributed by atoms with Crippen LogP contribution in [0.2, 0.25) is 0 Å². The summed E-state index contributed by atoms with van der Waals surface area (Å²) >= 11 is 0. The zero-order valence-corrected chi connectivity index (χ0v) is 16.8. The van der Waals surface area contributed by atoms with Gasteiger partial charge in [0.2, 0.25) is 5.95 Å². The lowest BCUT2D eigenvalue weighted by molar-refractivity contribution is 0.0974. The molecule has 0 amide bonds. The van der Waals surface area contributed by atoms with E-state index in [-0.39, 0.29) is 16.8 Å². The Labute approximate surface area is 165 Å². The van der Waals surface area contributed by atoms with Gasteiger partial charge in [-0.2, -0.15) is 4.98 Å². The first-order valence-electron chi connectivity index (χ1n) is 9.80. The summed E-state index contributed by atoms with van der Waals surface area (Å²) in [5, 5.41) is 0. The molecule has 0 bridgehead atoms.